The number of hydrogen-bond acceptors (Lipinski definition) is 2. The predicted octanol–water partition coefficient (Wildman–Crippen LogP) is 3.06. The molecule has 0 aliphatic rings. The Labute approximate surface area is 116 Å². The Bertz CT molecular complexity index is 707. The van der Waals surface area contributed by atoms with E-state index in [0.717, 1.165) is 11.3 Å². The first kappa shape index (κ1) is 12.6. The number of rotatable bonds is 3. The summed E-state index contributed by atoms with van der Waals surface area (Å²) in [5.41, 5.74) is 8.31. The van der Waals surface area contributed by atoms with Crippen molar-refractivity contribution in [3.8, 4) is 5.69 Å². The third-order valence-corrected chi connectivity index (χ3v) is 3.22. The molecule has 4 heteroatoms. The van der Waals surface area contributed by atoms with E-state index in [1.807, 2.05) is 36.5 Å². The smallest absolute Gasteiger partial charge is 0.128 e. The molecule has 0 aliphatic heterocycles. The van der Waals surface area contributed by atoms with E-state index in [4.69, 9.17) is 5.73 Å². The molecule has 3 nitrogen and oxygen atoms in total. The van der Waals surface area contributed by atoms with Gasteiger partial charge in [-0.05, 0) is 18.2 Å². The zero-order chi connectivity index (χ0) is 13.9. The van der Waals surface area contributed by atoms with E-state index in [0.29, 0.717) is 5.56 Å². The van der Waals surface area contributed by atoms with Gasteiger partial charge in [0.05, 0.1) is 17.9 Å². The molecule has 0 radical (unpaired) electrons. The summed E-state index contributed by atoms with van der Waals surface area (Å²) in [5, 5.41) is 4.28. The normalized spacial score (nSPS) is 12.3. The zero-order valence-corrected chi connectivity index (χ0v) is 10.8. The highest BCUT2D eigenvalue weighted by atomic mass is 19.1. The lowest BCUT2D eigenvalue weighted by Crippen LogP contribution is -2.12. The Hall–Kier alpha value is -2.46. The van der Waals surface area contributed by atoms with Crippen LogP contribution in [0.4, 0.5) is 4.39 Å². The molecule has 1 heterocycles. The lowest BCUT2D eigenvalue weighted by atomic mass is 10.0. The van der Waals surface area contributed by atoms with E-state index in [-0.39, 0.29) is 5.82 Å². The third kappa shape index (κ3) is 2.33. The molecule has 0 saturated carbocycles. The molecule has 2 N–H and O–H groups in total. The van der Waals surface area contributed by atoms with Crippen LogP contribution in [0.1, 0.15) is 17.2 Å². The number of aromatic nitrogens is 2. The summed E-state index contributed by atoms with van der Waals surface area (Å²) in [7, 11) is 0. The van der Waals surface area contributed by atoms with Gasteiger partial charge in [-0.3, -0.25) is 0 Å². The van der Waals surface area contributed by atoms with Crippen molar-refractivity contribution in [3.05, 3.63) is 83.9 Å². The molecular weight excluding hydrogens is 253 g/mol. The number of hydrogen-bond donors (Lipinski definition) is 1. The first-order valence-electron chi connectivity index (χ1n) is 6.36. The predicted molar refractivity (Wildman–Crippen MR) is 76.0 cm³/mol. The molecule has 0 amide bonds. The van der Waals surface area contributed by atoms with Gasteiger partial charge in [0.15, 0.2) is 0 Å². The number of para-hydroxylation sites is 1. The summed E-state index contributed by atoms with van der Waals surface area (Å²) in [4.78, 5) is 0. The van der Waals surface area contributed by atoms with E-state index in [1.165, 1.54) is 6.07 Å². The van der Waals surface area contributed by atoms with E-state index >= 15 is 0 Å². The van der Waals surface area contributed by atoms with E-state index in [1.54, 1.807) is 29.1 Å². The monoisotopic (exact) mass is 267 g/mol. The second kappa shape index (κ2) is 5.27. The van der Waals surface area contributed by atoms with E-state index < -0.39 is 6.04 Å². The average Bonchev–Trinajstić information content (AvgIpc) is 2.98. The summed E-state index contributed by atoms with van der Waals surface area (Å²) >= 11 is 0. The Kier molecular flexibility index (Phi) is 3.31. The molecule has 1 aromatic heterocycles. The van der Waals surface area contributed by atoms with Crippen LogP contribution in [0.5, 0.6) is 0 Å². The van der Waals surface area contributed by atoms with Gasteiger partial charge in [0, 0.05) is 17.3 Å². The fourth-order valence-corrected chi connectivity index (χ4v) is 2.13. The molecule has 100 valence electrons. The highest BCUT2D eigenvalue weighted by Gasteiger charge is 2.15. The van der Waals surface area contributed by atoms with Crippen LogP contribution in [0.2, 0.25) is 0 Å². The number of nitrogens with zero attached hydrogens (tertiary/aromatic N) is 2. The van der Waals surface area contributed by atoms with Gasteiger partial charge in [-0.25, -0.2) is 9.07 Å². The SMILES string of the molecule is NC(c1cnn(-c2ccccc2)c1)c1ccccc1F. The van der Waals surface area contributed by atoms with Crippen molar-refractivity contribution < 1.29 is 4.39 Å². The fraction of sp³-hybridized carbons (Fsp3) is 0.0625. The Balaban J connectivity index is 1.93. The van der Waals surface area contributed by atoms with Crippen molar-refractivity contribution in [3.63, 3.8) is 0 Å². The quantitative estimate of drug-likeness (QED) is 0.792. The first-order chi connectivity index (χ1) is 9.75. The highest BCUT2D eigenvalue weighted by Crippen LogP contribution is 2.22. The van der Waals surface area contributed by atoms with Gasteiger partial charge < -0.3 is 5.73 Å². The lowest BCUT2D eigenvalue weighted by Gasteiger charge is -2.10. The summed E-state index contributed by atoms with van der Waals surface area (Å²) in [6.45, 7) is 0. The maximum atomic E-state index is 13.7. The Morgan fingerprint density at radius 2 is 1.70 bits per heavy atom. The van der Waals surface area contributed by atoms with Crippen molar-refractivity contribution in [2.45, 2.75) is 6.04 Å². The van der Waals surface area contributed by atoms with Crippen molar-refractivity contribution in [2.75, 3.05) is 0 Å². The second-order valence-electron chi connectivity index (χ2n) is 4.55. The minimum absolute atomic E-state index is 0.299. The molecule has 0 bridgehead atoms. The zero-order valence-electron chi connectivity index (χ0n) is 10.8. The summed E-state index contributed by atoms with van der Waals surface area (Å²) in [5.74, 6) is -0.299. The molecule has 1 atom stereocenters. The average molecular weight is 267 g/mol. The van der Waals surface area contributed by atoms with Gasteiger partial charge in [0.25, 0.3) is 0 Å². The van der Waals surface area contributed by atoms with Crippen molar-refractivity contribution in [1.29, 1.82) is 0 Å². The van der Waals surface area contributed by atoms with Crippen molar-refractivity contribution >= 4 is 0 Å². The molecule has 0 saturated heterocycles. The maximum Gasteiger partial charge on any atom is 0.128 e. The molecule has 0 aliphatic carbocycles. The number of nitrogens with two attached hydrogens (primary N) is 1. The van der Waals surface area contributed by atoms with E-state index in [2.05, 4.69) is 5.10 Å². The van der Waals surface area contributed by atoms with Crippen molar-refractivity contribution in [2.24, 2.45) is 5.73 Å². The maximum absolute atomic E-state index is 13.7. The fourth-order valence-electron chi connectivity index (χ4n) is 2.13. The molecule has 20 heavy (non-hydrogen) atoms. The third-order valence-electron chi connectivity index (χ3n) is 3.22. The molecule has 3 rings (SSSR count). The standard InChI is InChI=1S/C16H14FN3/c17-15-9-5-4-8-14(15)16(18)12-10-19-20(11-12)13-6-2-1-3-7-13/h1-11,16H,18H2. The van der Waals surface area contributed by atoms with Gasteiger partial charge in [0.1, 0.15) is 5.82 Å². The van der Waals surface area contributed by atoms with E-state index in [9.17, 15) is 4.39 Å². The van der Waals surface area contributed by atoms with Crippen LogP contribution in [-0.4, -0.2) is 9.78 Å². The highest BCUT2D eigenvalue weighted by molar-refractivity contribution is 5.34. The number of halogens is 1. The van der Waals surface area contributed by atoms with Crippen LogP contribution in [0, 0.1) is 5.82 Å². The largest absolute Gasteiger partial charge is 0.320 e. The molecule has 2 aromatic carbocycles. The van der Waals surface area contributed by atoms with Crippen LogP contribution >= 0.6 is 0 Å². The van der Waals surface area contributed by atoms with Gasteiger partial charge in [-0.15, -0.1) is 0 Å². The van der Waals surface area contributed by atoms with Gasteiger partial charge in [0.2, 0.25) is 0 Å². The molecular formula is C16H14FN3. The van der Waals surface area contributed by atoms with Crippen LogP contribution in [-0.2, 0) is 0 Å². The molecule has 0 fully saturated rings. The minimum atomic E-state index is -0.520. The molecule has 1 unspecified atom stereocenters. The van der Waals surface area contributed by atoms with Crippen LogP contribution in [0.3, 0.4) is 0 Å². The summed E-state index contributed by atoms with van der Waals surface area (Å²) < 4.78 is 15.5. The van der Waals surface area contributed by atoms with Gasteiger partial charge in [-0.2, -0.15) is 5.10 Å². The van der Waals surface area contributed by atoms with Crippen LogP contribution in [0.25, 0.3) is 5.69 Å². The van der Waals surface area contributed by atoms with Gasteiger partial charge >= 0.3 is 0 Å². The first-order valence-corrected chi connectivity index (χ1v) is 6.36. The van der Waals surface area contributed by atoms with Gasteiger partial charge in [-0.1, -0.05) is 36.4 Å². The van der Waals surface area contributed by atoms with Crippen molar-refractivity contribution in [1.82, 2.24) is 9.78 Å². The second-order valence-corrected chi connectivity index (χ2v) is 4.55. The topological polar surface area (TPSA) is 43.8 Å². The Morgan fingerprint density at radius 3 is 2.45 bits per heavy atom. The molecule has 3 aromatic rings. The Morgan fingerprint density at radius 1 is 1.00 bits per heavy atom. The van der Waals surface area contributed by atoms with Crippen LogP contribution in [0.15, 0.2) is 67.0 Å². The summed E-state index contributed by atoms with van der Waals surface area (Å²) in [6.07, 6.45) is 3.50. The minimum Gasteiger partial charge on any atom is -0.320 e. The number of benzene rings is 2. The lowest BCUT2D eigenvalue weighted by molar-refractivity contribution is 0.599. The molecule has 0 spiro atoms. The van der Waals surface area contributed by atoms with Crippen LogP contribution < -0.4 is 5.73 Å². The summed E-state index contributed by atoms with van der Waals surface area (Å²) in [6, 6.07) is 15.7.